The van der Waals surface area contributed by atoms with Gasteiger partial charge in [-0.3, -0.25) is 0 Å². The fourth-order valence-corrected chi connectivity index (χ4v) is 3.97. The van der Waals surface area contributed by atoms with Gasteiger partial charge in [-0.1, -0.05) is 29.8 Å². The number of aromatic nitrogens is 1. The van der Waals surface area contributed by atoms with Crippen LogP contribution in [-0.2, 0) is 18.4 Å². The van der Waals surface area contributed by atoms with Gasteiger partial charge in [-0.2, -0.15) is 0 Å². The number of hydrogen-bond acceptors (Lipinski definition) is 4. The van der Waals surface area contributed by atoms with Gasteiger partial charge in [0.15, 0.2) is 5.13 Å². The zero-order valence-electron chi connectivity index (χ0n) is 11.4. The van der Waals surface area contributed by atoms with Crippen molar-refractivity contribution in [3.63, 3.8) is 0 Å². The Bertz CT molecular complexity index is 605. The van der Waals surface area contributed by atoms with Crippen LogP contribution in [0.2, 0.25) is 0 Å². The molecule has 1 atom stereocenters. The van der Waals surface area contributed by atoms with Gasteiger partial charge in [0.05, 0.1) is 5.69 Å². The summed E-state index contributed by atoms with van der Waals surface area (Å²) in [6.07, 6.45) is 3.05. The number of aryl methyl sites for hydroxylation is 2. The highest BCUT2D eigenvalue weighted by molar-refractivity contribution is 7.15. The van der Waals surface area contributed by atoms with Crippen molar-refractivity contribution in [2.24, 2.45) is 0 Å². The van der Waals surface area contributed by atoms with E-state index in [-0.39, 0.29) is 5.54 Å². The van der Waals surface area contributed by atoms with Gasteiger partial charge >= 0.3 is 0 Å². The summed E-state index contributed by atoms with van der Waals surface area (Å²) in [5, 5.41) is 4.24. The molecule has 1 aromatic carbocycles. The molecule has 1 aromatic heterocycles. The summed E-state index contributed by atoms with van der Waals surface area (Å²) >= 11 is 1.63. The normalized spacial score (nSPS) is 22.2. The van der Waals surface area contributed by atoms with Gasteiger partial charge in [0, 0.05) is 16.8 Å². The molecular weight excluding hydrogens is 254 g/mol. The van der Waals surface area contributed by atoms with Crippen molar-refractivity contribution in [1.82, 2.24) is 10.3 Å². The van der Waals surface area contributed by atoms with E-state index in [0.717, 1.165) is 19.3 Å². The molecule has 0 aliphatic heterocycles. The lowest BCUT2D eigenvalue weighted by Crippen LogP contribution is -2.44. The second-order valence-corrected chi connectivity index (χ2v) is 6.42. The van der Waals surface area contributed by atoms with Crippen LogP contribution in [0.3, 0.4) is 0 Å². The number of nitrogens with two attached hydrogens (primary N) is 1. The van der Waals surface area contributed by atoms with Crippen LogP contribution in [0.25, 0.3) is 0 Å². The average molecular weight is 273 g/mol. The highest BCUT2D eigenvalue weighted by Gasteiger charge is 2.36. The van der Waals surface area contributed by atoms with Gasteiger partial charge in [-0.05, 0) is 32.4 Å². The minimum Gasteiger partial charge on any atom is -0.375 e. The molecule has 2 aromatic rings. The highest BCUT2D eigenvalue weighted by Crippen LogP contribution is 2.39. The minimum absolute atomic E-state index is 0.0258. The van der Waals surface area contributed by atoms with Crippen LogP contribution in [0.15, 0.2) is 24.3 Å². The monoisotopic (exact) mass is 273 g/mol. The number of anilines is 1. The van der Waals surface area contributed by atoms with Crippen LogP contribution in [0.5, 0.6) is 0 Å². The molecule has 3 nitrogen and oxygen atoms in total. The number of likely N-dealkylation sites (N-methyl/N-ethyl adjacent to an activating group) is 1. The number of thiazole rings is 1. The maximum atomic E-state index is 5.84. The van der Waals surface area contributed by atoms with E-state index in [9.17, 15) is 0 Å². The van der Waals surface area contributed by atoms with Crippen LogP contribution in [0, 0.1) is 6.92 Å². The molecule has 19 heavy (non-hydrogen) atoms. The summed E-state index contributed by atoms with van der Waals surface area (Å²) in [5.41, 5.74) is 9.73. The number of benzene rings is 1. The van der Waals surface area contributed by atoms with Crippen LogP contribution in [0.4, 0.5) is 5.13 Å². The van der Waals surface area contributed by atoms with E-state index in [1.165, 1.54) is 21.7 Å². The molecule has 1 heterocycles. The molecule has 3 rings (SSSR count). The molecule has 0 amide bonds. The molecule has 0 saturated carbocycles. The lowest BCUT2D eigenvalue weighted by atomic mass is 9.77. The Morgan fingerprint density at radius 1 is 1.42 bits per heavy atom. The first-order valence-electron chi connectivity index (χ1n) is 6.63. The van der Waals surface area contributed by atoms with E-state index < -0.39 is 0 Å². The molecule has 0 saturated heterocycles. The van der Waals surface area contributed by atoms with Gasteiger partial charge in [-0.25, -0.2) is 4.98 Å². The Balaban J connectivity index is 2.02. The summed E-state index contributed by atoms with van der Waals surface area (Å²) in [7, 11) is 2.05. The van der Waals surface area contributed by atoms with Crippen molar-refractivity contribution in [3.8, 4) is 0 Å². The van der Waals surface area contributed by atoms with Gasteiger partial charge < -0.3 is 11.1 Å². The van der Waals surface area contributed by atoms with E-state index in [0.29, 0.717) is 5.13 Å². The molecule has 1 unspecified atom stereocenters. The van der Waals surface area contributed by atoms with Gasteiger partial charge in [0.2, 0.25) is 0 Å². The van der Waals surface area contributed by atoms with Gasteiger partial charge in [0.1, 0.15) is 0 Å². The first-order chi connectivity index (χ1) is 9.13. The van der Waals surface area contributed by atoms with Crippen molar-refractivity contribution >= 4 is 16.5 Å². The van der Waals surface area contributed by atoms with Crippen molar-refractivity contribution in [2.75, 3.05) is 12.8 Å². The van der Waals surface area contributed by atoms with Crippen LogP contribution in [-0.4, -0.2) is 12.0 Å². The summed E-state index contributed by atoms with van der Waals surface area (Å²) < 4.78 is 0. The topological polar surface area (TPSA) is 50.9 Å². The number of nitrogens with zero attached hydrogens (tertiary/aromatic N) is 1. The number of hydrogen-bond donors (Lipinski definition) is 2. The van der Waals surface area contributed by atoms with Crippen molar-refractivity contribution in [1.29, 1.82) is 0 Å². The summed E-state index contributed by atoms with van der Waals surface area (Å²) in [5.74, 6) is 0. The van der Waals surface area contributed by atoms with Crippen molar-refractivity contribution < 1.29 is 0 Å². The zero-order valence-corrected chi connectivity index (χ0v) is 12.2. The van der Waals surface area contributed by atoms with Crippen LogP contribution >= 0.6 is 11.3 Å². The second-order valence-electron chi connectivity index (χ2n) is 5.30. The average Bonchev–Trinajstić information content (AvgIpc) is 2.77. The molecule has 1 aliphatic rings. The maximum absolute atomic E-state index is 5.84. The second kappa shape index (κ2) is 4.62. The smallest absolute Gasteiger partial charge is 0.180 e. The molecule has 3 N–H and O–H groups in total. The standard InChI is InChI=1S/C15H19N3S/c1-10-4-3-5-11(8-10)15(17-2)7-6-12-13(9-15)19-14(16)18-12/h3-5,8,17H,6-7,9H2,1-2H3,(H2,16,18). The lowest BCUT2D eigenvalue weighted by molar-refractivity contribution is 0.315. The van der Waals surface area contributed by atoms with Crippen LogP contribution < -0.4 is 11.1 Å². The van der Waals surface area contributed by atoms with E-state index in [4.69, 9.17) is 5.73 Å². The third-order valence-electron chi connectivity index (χ3n) is 4.09. The Kier molecular flexibility index (Phi) is 3.07. The number of nitrogens with one attached hydrogen (secondary N) is 1. The molecule has 100 valence electrons. The Hall–Kier alpha value is -1.39. The number of fused-ring (bicyclic) bond motifs is 1. The Morgan fingerprint density at radius 3 is 3.00 bits per heavy atom. The fraction of sp³-hybridized carbons (Fsp3) is 0.400. The third-order valence-corrected chi connectivity index (χ3v) is 5.02. The summed E-state index contributed by atoms with van der Waals surface area (Å²) in [4.78, 5) is 5.76. The molecule has 4 heteroatoms. The third kappa shape index (κ3) is 2.15. The van der Waals surface area contributed by atoms with E-state index in [2.05, 4.69) is 48.5 Å². The highest BCUT2D eigenvalue weighted by atomic mass is 32.1. The summed E-state index contributed by atoms with van der Waals surface area (Å²) in [6.45, 7) is 2.14. The van der Waals surface area contributed by atoms with Crippen molar-refractivity contribution in [3.05, 3.63) is 46.0 Å². The molecule has 1 aliphatic carbocycles. The lowest BCUT2D eigenvalue weighted by Gasteiger charge is -2.37. The molecule has 0 fully saturated rings. The molecular formula is C15H19N3S. The largest absolute Gasteiger partial charge is 0.375 e. The maximum Gasteiger partial charge on any atom is 0.180 e. The van der Waals surface area contributed by atoms with Gasteiger partial charge in [-0.15, -0.1) is 11.3 Å². The SMILES string of the molecule is CNC1(c2cccc(C)c2)CCc2nc(N)sc2C1. The first-order valence-corrected chi connectivity index (χ1v) is 7.45. The predicted molar refractivity (Wildman–Crippen MR) is 80.5 cm³/mol. The zero-order chi connectivity index (χ0) is 13.5. The van der Waals surface area contributed by atoms with E-state index in [1.807, 2.05) is 0 Å². The fourth-order valence-electron chi connectivity index (χ4n) is 2.98. The Labute approximate surface area is 117 Å². The van der Waals surface area contributed by atoms with Gasteiger partial charge in [0.25, 0.3) is 0 Å². The Morgan fingerprint density at radius 2 is 2.26 bits per heavy atom. The molecule has 0 bridgehead atoms. The predicted octanol–water partition coefficient (Wildman–Crippen LogP) is 2.64. The summed E-state index contributed by atoms with van der Waals surface area (Å²) in [6, 6.07) is 8.79. The quantitative estimate of drug-likeness (QED) is 0.884. The number of rotatable bonds is 2. The molecule has 0 radical (unpaired) electrons. The van der Waals surface area contributed by atoms with Crippen molar-refractivity contribution in [2.45, 2.75) is 31.7 Å². The minimum atomic E-state index is 0.0258. The molecule has 0 spiro atoms. The van der Waals surface area contributed by atoms with E-state index >= 15 is 0 Å². The van der Waals surface area contributed by atoms with Crippen LogP contribution in [0.1, 0.15) is 28.1 Å². The first kappa shape index (κ1) is 12.6. The number of nitrogen functional groups attached to an aromatic ring is 1. The van der Waals surface area contributed by atoms with E-state index in [1.54, 1.807) is 11.3 Å².